The number of nitrogens with one attached hydrogen (secondary N) is 1. The van der Waals surface area contributed by atoms with E-state index in [1.54, 1.807) is 55.5 Å². The summed E-state index contributed by atoms with van der Waals surface area (Å²) in [5.41, 5.74) is 1.34. The van der Waals surface area contributed by atoms with Gasteiger partial charge in [0.15, 0.2) is 11.5 Å². The van der Waals surface area contributed by atoms with Crippen LogP contribution in [0, 0.1) is 11.8 Å². The summed E-state index contributed by atoms with van der Waals surface area (Å²) in [7, 11) is 3.49. The third-order valence-corrected chi connectivity index (χ3v) is 7.66. The lowest BCUT2D eigenvalue weighted by Crippen LogP contribution is -2.47. The smallest absolute Gasteiger partial charge is 0.257 e. The van der Waals surface area contributed by atoms with Crippen molar-refractivity contribution < 1.29 is 28.5 Å². The number of carbonyl (C=O) groups excluding carboxylic acids is 2. The Morgan fingerprint density at radius 2 is 1.79 bits per heavy atom. The number of ether oxygens (including phenoxy) is 4. The standard InChI is InChI=1S/C29H37N3O6/c1-18-13-32(14-20-5-6-20)19(2)16-36-24-10-8-22(12-23(24)29(34)31(3)15-27(18)35-4)30-28(33)21-7-9-25-26(11-21)38-17-37-25/h7-12,18-20,27H,5-6,13-17H2,1-4H3,(H,30,33)/t18-,19-,27-/m0/s1. The highest BCUT2D eigenvalue weighted by Gasteiger charge is 2.32. The minimum absolute atomic E-state index is 0.101. The molecule has 5 rings (SSSR count). The summed E-state index contributed by atoms with van der Waals surface area (Å²) in [4.78, 5) is 30.7. The van der Waals surface area contributed by atoms with Crippen molar-refractivity contribution in [3.8, 4) is 17.2 Å². The molecule has 1 fully saturated rings. The van der Waals surface area contributed by atoms with Crippen LogP contribution in [0.5, 0.6) is 17.2 Å². The number of rotatable bonds is 5. The van der Waals surface area contributed by atoms with E-state index < -0.39 is 0 Å². The number of benzene rings is 2. The maximum atomic E-state index is 13.6. The van der Waals surface area contributed by atoms with Gasteiger partial charge in [0.05, 0.1) is 11.7 Å². The van der Waals surface area contributed by atoms with Crippen molar-refractivity contribution in [1.29, 1.82) is 0 Å². The van der Waals surface area contributed by atoms with Crippen molar-refractivity contribution in [2.24, 2.45) is 11.8 Å². The first-order valence-corrected chi connectivity index (χ1v) is 13.3. The van der Waals surface area contributed by atoms with Gasteiger partial charge in [-0.05, 0) is 68.0 Å². The maximum absolute atomic E-state index is 13.6. The lowest BCUT2D eigenvalue weighted by molar-refractivity contribution is 0.00994. The Labute approximate surface area is 224 Å². The Bertz CT molecular complexity index is 1180. The molecule has 204 valence electrons. The van der Waals surface area contributed by atoms with Crippen LogP contribution in [-0.2, 0) is 4.74 Å². The highest BCUT2D eigenvalue weighted by atomic mass is 16.7. The molecule has 1 saturated carbocycles. The molecule has 9 nitrogen and oxygen atoms in total. The molecule has 9 heteroatoms. The van der Waals surface area contributed by atoms with Crippen LogP contribution in [0.3, 0.4) is 0 Å². The van der Waals surface area contributed by atoms with Crippen molar-refractivity contribution in [1.82, 2.24) is 9.80 Å². The molecule has 3 aliphatic rings. The Morgan fingerprint density at radius 1 is 1.03 bits per heavy atom. The quantitative estimate of drug-likeness (QED) is 0.636. The molecule has 2 heterocycles. The van der Waals surface area contributed by atoms with Crippen LogP contribution in [0.2, 0.25) is 0 Å². The number of carbonyl (C=O) groups is 2. The summed E-state index contributed by atoms with van der Waals surface area (Å²) < 4.78 is 22.8. The Balaban J connectivity index is 1.39. The molecule has 0 aromatic heterocycles. The van der Waals surface area contributed by atoms with Crippen LogP contribution < -0.4 is 19.5 Å². The second-order valence-electron chi connectivity index (χ2n) is 10.7. The molecular weight excluding hydrogens is 486 g/mol. The number of methoxy groups -OCH3 is 1. The van der Waals surface area contributed by atoms with E-state index in [4.69, 9.17) is 18.9 Å². The normalized spacial score (nSPS) is 24.2. The molecule has 2 aromatic carbocycles. The molecule has 3 atom stereocenters. The summed E-state index contributed by atoms with van der Waals surface area (Å²) >= 11 is 0. The van der Waals surface area contributed by atoms with Crippen molar-refractivity contribution in [2.45, 2.75) is 38.8 Å². The van der Waals surface area contributed by atoms with Crippen LogP contribution >= 0.6 is 0 Å². The maximum Gasteiger partial charge on any atom is 0.257 e. The van der Waals surface area contributed by atoms with Gasteiger partial charge in [0.2, 0.25) is 6.79 Å². The van der Waals surface area contributed by atoms with Crippen molar-refractivity contribution in [2.75, 3.05) is 52.5 Å². The third-order valence-electron chi connectivity index (χ3n) is 7.66. The summed E-state index contributed by atoms with van der Waals surface area (Å²) in [6, 6.07) is 10.4. The largest absolute Gasteiger partial charge is 0.491 e. The minimum atomic E-state index is -0.310. The fourth-order valence-corrected chi connectivity index (χ4v) is 5.06. The number of fused-ring (bicyclic) bond motifs is 2. The fourth-order valence-electron chi connectivity index (χ4n) is 5.06. The third kappa shape index (κ3) is 5.89. The number of nitrogens with zero attached hydrogens (tertiary/aromatic N) is 2. The van der Waals surface area contributed by atoms with Crippen molar-refractivity contribution in [3.63, 3.8) is 0 Å². The summed E-state index contributed by atoms with van der Waals surface area (Å²) in [6.45, 7) is 7.36. The van der Waals surface area contributed by atoms with Gasteiger partial charge >= 0.3 is 0 Å². The molecule has 0 bridgehead atoms. The van der Waals surface area contributed by atoms with E-state index >= 15 is 0 Å². The highest BCUT2D eigenvalue weighted by Crippen LogP contribution is 2.34. The predicted molar refractivity (Wildman–Crippen MR) is 143 cm³/mol. The lowest BCUT2D eigenvalue weighted by atomic mass is 10.0. The van der Waals surface area contributed by atoms with E-state index in [2.05, 4.69) is 24.1 Å². The topological polar surface area (TPSA) is 89.6 Å². The predicted octanol–water partition coefficient (Wildman–Crippen LogP) is 3.88. The molecule has 2 aliphatic heterocycles. The average Bonchev–Trinajstić information content (AvgIpc) is 3.61. The van der Waals surface area contributed by atoms with Crippen molar-refractivity contribution in [3.05, 3.63) is 47.5 Å². The van der Waals surface area contributed by atoms with Gasteiger partial charge in [-0.1, -0.05) is 6.92 Å². The molecule has 0 radical (unpaired) electrons. The fraction of sp³-hybridized carbons (Fsp3) is 0.517. The van der Waals surface area contributed by atoms with E-state index in [0.717, 1.165) is 19.0 Å². The first-order chi connectivity index (χ1) is 18.3. The monoisotopic (exact) mass is 523 g/mol. The Morgan fingerprint density at radius 3 is 2.55 bits per heavy atom. The van der Waals surface area contributed by atoms with Crippen LogP contribution in [0.25, 0.3) is 0 Å². The van der Waals surface area contributed by atoms with E-state index in [1.165, 1.54) is 12.8 Å². The van der Waals surface area contributed by atoms with Gasteiger partial charge in [-0.3, -0.25) is 14.5 Å². The first kappa shape index (κ1) is 26.3. The van der Waals surface area contributed by atoms with Gasteiger partial charge in [0.25, 0.3) is 11.8 Å². The zero-order valence-corrected chi connectivity index (χ0v) is 22.6. The molecule has 38 heavy (non-hydrogen) atoms. The van der Waals surface area contributed by atoms with E-state index in [-0.39, 0.29) is 36.7 Å². The second kappa shape index (κ2) is 11.2. The zero-order valence-electron chi connectivity index (χ0n) is 22.6. The first-order valence-electron chi connectivity index (χ1n) is 13.3. The number of hydrogen-bond acceptors (Lipinski definition) is 7. The van der Waals surface area contributed by atoms with E-state index in [9.17, 15) is 9.59 Å². The Kier molecular flexibility index (Phi) is 7.76. The summed E-state index contributed by atoms with van der Waals surface area (Å²) in [6.07, 6.45) is 2.47. The molecule has 2 aromatic rings. The van der Waals surface area contributed by atoms with Gasteiger partial charge in [-0.15, -0.1) is 0 Å². The van der Waals surface area contributed by atoms with Crippen LogP contribution in [0.15, 0.2) is 36.4 Å². The molecule has 0 unspecified atom stereocenters. The SMILES string of the molecule is CO[C@H]1CN(C)C(=O)c2cc(NC(=O)c3ccc4c(c3)OCO4)ccc2OC[C@H](C)N(CC2CC2)C[C@@H]1C. The zero-order chi connectivity index (χ0) is 26.8. The number of anilines is 1. The lowest BCUT2D eigenvalue weighted by Gasteiger charge is -2.36. The highest BCUT2D eigenvalue weighted by molar-refractivity contribution is 6.06. The second-order valence-corrected chi connectivity index (χ2v) is 10.7. The van der Waals surface area contributed by atoms with Gasteiger partial charge < -0.3 is 29.2 Å². The van der Waals surface area contributed by atoms with Crippen LogP contribution in [-0.4, -0.2) is 81.0 Å². The molecule has 1 aliphatic carbocycles. The van der Waals surface area contributed by atoms with Gasteiger partial charge in [-0.2, -0.15) is 0 Å². The van der Waals surface area contributed by atoms with E-state index in [0.29, 0.717) is 47.2 Å². The molecule has 1 N–H and O–H groups in total. The summed E-state index contributed by atoms with van der Waals surface area (Å²) in [5.74, 6) is 2.15. The van der Waals surface area contributed by atoms with Crippen LogP contribution in [0.1, 0.15) is 47.4 Å². The average molecular weight is 524 g/mol. The molecule has 2 amide bonds. The van der Waals surface area contributed by atoms with Gasteiger partial charge in [-0.25, -0.2) is 0 Å². The minimum Gasteiger partial charge on any atom is -0.491 e. The van der Waals surface area contributed by atoms with Gasteiger partial charge in [0, 0.05) is 51.1 Å². The van der Waals surface area contributed by atoms with Crippen LogP contribution in [0.4, 0.5) is 5.69 Å². The molecular formula is C29H37N3O6. The number of hydrogen-bond donors (Lipinski definition) is 1. The number of amides is 2. The molecule has 0 saturated heterocycles. The Hall–Kier alpha value is -3.30. The summed E-state index contributed by atoms with van der Waals surface area (Å²) in [5, 5.41) is 2.90. The van der Waals surface area contributed by atoms with E-state index in [1.807, 2.05) is 0 Å². The number of likely N-dealkylation sites (N-methyl/N-ethyl adjacent to an activating group) is 1. The molecule has 0 spiro atoms. The van der Waals surface area contributed by atoms with Gasteiger partial charge in [0.1, 0.15) is 12.4 Å². The van der Waals surface area contributed by atoms with Crippen molar-refractivity contribution >= 4 is 17.5 Å².